The van der Waals surface area contributed by atoms with Gasteiger partial charge in [0.1, 0.15) is 0 Å². The zero-order valence-corrected chi connectivity index (χ0v) is 7.69. The lowest BCUT2D eigenvalue weighted by molar-refractivity contribution is 0.784. The number of unbranched alkanes of at least 4 members (excludes halogenated alkanes) is 1. The Bertz CT molecular complexity index is 172. The van der Waals surface area contributed by atoms with Crippen molar-refractivity contribution in [2.75, 3.05) is 0 Å². The van der Waals surface area contributed by atoms with E-state index in [4.69, 9.17) is 0 Å². The monoisotopic (exact) mass is 150 g/mol. The average Bonchev–Trinajstić information content (AvgIpc) is 2.01. The van der Waals surface area contributed by atoms with Crippen molar-refractivity contribution < 1.29 is 0 Å². The zero-order chi connectivity index (χ0) is 8.10. The van der Waals surface area contributed by atoms with Crippen LogP contribution in [0.4, 0.5) is 0 Å². The fourth-order valence-electron chi connectivity index (χ4n) is 1.49. The van der Waals surface area contributed by atoms with Gasteiger partial charge in [-0.05, 0) is 32.6 Å². The van der Waals surface area contributed by atoms with Gasteiger partial charge in [0, 0.05) is 0 Å². The smallest absolute Gasteiger partial charge is 0.0282 e. The molecule has 11 heavy (non-hydrogen) atoms. The molecule has 0 aromatic rings. The molecule has 1 aliphatic carbocycles. The maximum atomic E-state index is 2.39. The van der Waals surface area contributed by atoms with Crippen LogP contribution in [0.15, 0.2) is 23.3 Å². The van der Waals surface area contributed by atoms with Crippen molar-refractivity contribution in [1.82, 2.24) is 0 Å². The van der Waals surface area contributed by atoms with Crippen molar-refractivity contribution >= 4 is 0 Å². The first-order valence-electron chi connectivity index (χ1n) is 4.69. The van der Waals surface area contributed by atoms with Crippen LogP contribution < -0.4 is 0 Å². The fourth-order valence-corrected chi connectivity index (χ4v) is 1.49. The molecule has 0 heteroatoms. The van der Waals surface area contributed by atoms with E-state index in [2.05, 4.69) is 26.0 Å². The summed E-state index contributed by atoms with van der Waals surface area (Å²) in [6.07, 6.45) is 11.2. The minimum Gasteiger partial charge on any atom is -0.0810 e. The standard InChI is InChI=1S/C11H18/c1-3-4-7-11-8-5-6-10(2)9-11/h8-9H,3-7H2,1-2H3. The maximum Gasteiger partial charge on any atom is -0.0282 e. The van der Waals surface area contributed by atoms with Gasteiger partial charge in [0.2, 0.25) is 0 Å². The second kappa shape index (κ2) is 4.38. The van der Waals surface area contributed by atoms with Gasteiger partial charge in [0.05, 0.1) is 0 Å². The molecule has 0 aromatic heterocycles. The van der Waals surface area contributed by atoms with E-state index in [0.717, 1.165) is 0 Å². The van der Waals surface area contributed by atoms with E-state index in [1.54, 1.807) is 11.1 Å². The van der Waals surface area contributed by atoms with Gasteiger partial charge in [-0.3, -0.25) is 0 Å². The van der Waals surface area contributed by atoms with E-state index >= 15 is 0 Å². The highest BCUT2D eigenvalue weighted by molar-refractivity contribution is 5.26. The lowest BCUT2D eigenvalue weighted by Crippen LogP contribution is -1.89. The summed E-state index contributed by atoms with van der Waals surface area (Å²) in [4.78, 5) is 0. The van der Waals surface area contributed by atoms with Crippen LogP contribution in [0, 0.1) is 0 Å². The predicted octanol–water partition coefficient (Wildman–Crippen LogP) is 3.84. The minimum atomic E-state index is 1.27. The van der Waals surface area contributed by atoms with Crippen molar-refractivity contribution in [3.8, 4) is 0 Å². The van der Waals surface area contributed by atoms with Gasteiger partial charge < -0.3 is 0 Å². The van der Waals surface area contributed by atoms with Gasteiger partial charge in [-0.25, -0.2) is 0 Å². The first-order chi connectivity index (χ1) is 5.33. The van der Waals surface area contributed by atoms with E-state index in [1.807, 2.05) is 0 Å². The van der Waals surface area contributed by atoms with E-state index in [-0.39, 0.29) is 0 Å². The van der Waals surface area contributed by atoms with Crippen molar-refractivity contribution in [2.24, 2.45) is 0 Å². The normalized spacial score (nSPS) is 17.6. The van der Waals surface area contributed by atoms with Gasteiger partial charge in [-0.15, -0.1) is 0 Å². The number of hydrogen-bond donors (Lipinski definition) is 0. The molecule has 1 aliphatic rings. The van der Waals surface area contributed by atoms with Crippen LogP contribution in [0.3, 0.4) is 0 Å². The Hall–Kier alpha value is -0.520. The Morgan fingerprint density at radius 3 is 2.91 bits per heavy atom. The number of allylic oxidation sites excluding steroid dienone is 4. The Labute approximate surface area is 70.0 Å². The van der Waals surface area contributed by atoms with Gasteiger partial charge in [-0.2, -0.15) is 0 Å². The highest BCUT2D eigenvalue weighted by Gasteiger charge is 2.00. The predicted molar refractivity (Wildman–Crippen MR) is 50.6 cm³/mol. The highest BCUT2D eigenvalue weighted by atomic mass is 14.1. The number of rotatable bonds is 3. The van der Waals surface area contributed by atoms with E-state index in [0.29, 0.717) is 0 Å². The molecule has 0 heterocycles. The summed E-state index contributed by atoms with van der Waals surface area (Å²) in [6.45, 7) is 4.49. The summed E-state index contributed by atoms with van der Waals surface area (Å²) in [6, 6.07) is 0. The largest absolute Gasteiger partial charge is 0.0810 e. The molecular formula is C11H18. The summed E-state index contributed by atoms with van der Waals surface area (Å²) >= 11 is 0. The van der Waals surface area contributed by atoms with Gasteiger partial charge in [-0.1, -0.05) is 36.6 Å². The third-order valence-corrected chi connectivity index (χ3v) is 2.20. The third-order valence-electron chi connectivity index (χ3n) is 2.20. The molecule has 0 amide bonds. The fraction of sp³-hybridized carbons (Fsp3) is 0.636. The molecule has 0 atom stereocenters. The summed E-state index contributed by atoms with van der Waals surface area (Å²) in [5, 5.41) is 0. The Kier molecular flexibility index (Phi) is 3.41. The Morgan fingerprint density at radius 2 is 2.27 bits per heavy atom. The van der Waals surface area contributed by atoms with Crippen LogP contribution in [-0.4, -0.2) is 0 Å². The van der Waals surface area contributed by atoms with E-state index in [9.17, 15) is 0 Å². The molecule has 0 radical (unpaired) electrons. The first kappa shape index (κ1) is 8.58. The van der Waals surface area contributed by atoms with Crippen molar-refractivity contribution in [2.45, 2.75) is 46.0 Å². The second-order valence-electron chi connectivity index (χ2n) is 3.41. The molecule has 0 spiro atoms. The van der Waals surface area contributed by atoms with Crippen LogP contribution >= 0.6 is 0 Å². The van der Waals surface area contributed by atoms with Crippen molar-refractivity contribution in [3.63, 3.8) is 0 Å². The highest BCUT2D eigenvalue weighted by Crippen LogP contribution is 2.20. The Balaban J connectivity index is 2.39. The Morgan fingerprint density at radius 1 is 1.45 bits per heavy atom. The minimum absolute atomic E-state index is 1.27. The molecule has 0 aliphatic heterocycles. The molecule has 0 bridgehead atoms. The van der Waals surface area contributed by atoms with Crippen LogP contribution in [0.2, 0.25) is 0 Å². The molecule has 0 saturated carbocycles. The topological polar surface area (TPSA) is 0 Å². The van der Waals surface area contributed by atoms with Crippen molar-refractivity contribution in [3.05, 3.63) is 23.3 Å². The molecular weight excluding hydrogens is 132 g/mol. The van der Waals surface area contributed by atoms with Crippen molar-refractivity contribution in [1.29, 1.82) is 0 Å². The molecule has 62 valence electrons. The van der Waals surface area contributed by atoms with Gasteiger partial charge >= 0.3 is 0 Å². The van der Waals surface area contributed by atoms with Gasteiger partial charge in [0.25, 0.3) is 0 Å². The zero-order valence-electron chi connectivity index (χ0n) is 7.69. The van der Waals surface area contributed by atoms with Crippen LogP contribution in [0.5, 0.6) is 0 Å². The first-order valence-corrected chi connectivity index (χ1v) is 4.69. The molecule has 0 N–H and O–H groups in total. The maximum absolute atomic E-state index is 2.39. The van der Waals surface area contributed by atoms with E-state index < -0.39 is 0 Å². The molecule has 1 rings (SSSR count). The molecule has 0 fully saturated rings. The van der Waals surface area contributed by atoms with Crippen LogP contribution in [0.1, 0.15) is 46.0 Å². The average molecular weight is 150 g/mol. The molecule has 0 saturated heterocycles. The quantitative estimate of drug-likeness (QED) is 0.573. The van der Waals surface area contributed by atoms with Crippen LogP contribution in [-0.2, 0) is 0 Å². The van der Waals surface area contributed by atoms with Gasteiger partial charge in [0.15, 0.2) is 0 Å². The summed E-state index contributed by atoms with van der Waals surface area (Å²) < 4.78 is 0. The number of hydrogen-bond acceptors (Lipinski definition) is 0. The SMILES string of the molecule is CCCCC1=CCCC(C)=C1. The molecule has 0 aromatic carbocycles. The second-order valence-corrected chi connectivity index (χ2v) is 3.41. The third kappa shape index (κ3) is 2.92. The van der Waals surface area contributed by atoms with Crippen LogP contribution in [0.25, 0.3) is 0 Å². The lowest BCUT2D eigenvalue weighted by atomic mass is 9.97. The summed E-state index contributed by atoms with van der Waals surface area (Å²) in [7, 11) is 0. The summed E-state index contributed by atoms with van der Waals surface area (Å²) in [5.41, 5.74) is 3.12. The lowest BCUT2D eigenvalue weighted by Gasteiger charge is -2.09. The van der Waals surface area contributed by atoms with E-state index in [1.165, 1.54) is 32.1 Å². The summed E-state index contributed by atoms with van der Waals surface area (Å²) in [5.74, 6) is 0. The molecule has 0 nitrogen and oxygen atoms in total. The molecule has 0 unspecified atom stereocenters.